The van der Waals surface area contributed by atoms with E-state index in [4.69, 9.17) is 19.4 Å². The van der Waals surface area contributed by atoms with E-state index in [2.05, 4.69) is 15.1 Å². The van der Waals surface area contributed by atoms with Crippen LogP contribution in [0.15, 0.2) is 0 Å². The number of hydrogen-bond donors (Lipinski definition) is 1. The van der Waals surface area contributed by atoms with Gasteiger partial charge in [0.15, 0.2) is 0 Å². The van der Waals surface area contributed by atoms with Gasteiger partial charge in [0.05, 0.1) is 24.4 Å². The van der Waals surface area contributed by atoms with E-state index in [1.165, 1.54) is 5.56 Å². The third-order valence-electron chi connectivity index (χ3n) is 8.52. The van der Waals surface area contributed by atoms with Gasteiger partial charge in [0.25, 0.3) is 0 Å². The average molecular weight is 517 g/mol. The summed E-state index contributed by atoms with van der Waals surface area (Å²) in [4.78, 5) is 29.3. The first-order valence-electron chi connectivity index (χ1n) is 14.0. The maximum atomic E-state index is 13.7. The number of piperazine rings is 1. The lowest BCUT2D eigenvalue weighted by molar-refractivity contribution is 0.0122. The number of anilines is 1. The molecule has 3 atom stereocenters. The van der Waals surface area contributed by atoms with Crippen molar-refractivity contribution in [1.82, 2.24) is 25.1 Å². The van der Waals surface area contributed by atoms with E-state index in [1.54, 1.807) is 0 Å². The summed E-state index contributed by atoms with van der Waals surface area (Å²) in [7, 11) is 0. The monoisotopic (exact) mass is 516 g/mol. The fourth-order valence-corrected chi connectivity index (χ4v) is 6.48. The van der Waals surface area contributed by atoms with Gasteiger partial charge in [-0.15, -0.1) is 0 Å². The molecule has 1 aromatic rings. The Morgan fingerprint density at radius 3 is 2.54 bits per heavy atom. The fraction of sp³-hybridized carbons (Fsp3) is 0.815. The second-order valence-corrected chi connectivity index (χ2v) is 12.8. The Balaban J connectivity index is 1.17. The molecule has 6 rings (SSSR count). The average Bonchev–Trinajstić information content (AvgIpc) is 3.40. The normalized spacial score (nSPS) is 28.8. The molecule has 2 bridgehead atoms. The van der Waals surface area contributed by atoms with Gasteiger partial charge in [-0.05, 0) is 65.8 Å². The van der Waals surface area contributed by atoms with E-state index in [9.17, 15) is 9.18 Å². The van der Waals surface area contributed by atoms with E-state index >= 15 is 0 Å². The van der Waals surface area contributed by atoms with Crippen molar-refractivity contribution >= 4 is 11.9 Å². The van der Waals surface area contributed by atoms with E-state index in [0.29, 0.717) is 32.1 Å². The molecule has 9 nitrogen and oxygen atoms in total. The van der Waals surface area contributed by atoms with Crippen molar-refractivity contribution in [3.05, 3.63) is 11.3 Å². The van der Waals surface area contributed by atoms with Crippen molar-refractivity contribution in [3.8, 4) is 6.01 Å². The molecule has 0 radical (unpaired) electrons. The summed E-state index contributed by atoms with van der Waals surface area (Å²) >= 11 is 0. The number of ether oxygens (including phenoxy) is 2. The third kappa shape index (κ3) is 5.37. The van der Waals surface area contributed by atoms with Gasteiger partial charge in [-0.3, -0.25) is 9.80 Å². The number of carbonyl (C=O) groups is 1. The number of aromatic nitrogens is 2. The molecule has 1 amide bonds. The van der Waals surface area contributed by atoms with E-state index < -0.39 is 11.8 Å². The Hall–Kier alpha value is -2.20. The lowest BCUT2D eigenvalue weighted by Gasteiger charge is -2.42. The molecule has 5 aliphatic rings. The molecular weight excluding hydrogens is 475 g/mol. The van der Waals surface area contributed by atoms with Gasteiger partial charge in [0.1, 0.15) is 17.6 Å². The van der Waals surface area contributed by atoms with Crippen LogP contribution >= 0.6 is 0 Å². The minimum absolute atomic E-state index is 0.0971. The Kier molecular flexibility index (Phi) is 6.46. The van der Waals surface area contributed by atoms with Crippen LogP contribution in [0.5, 0.6) is 6.01 Å². The Labute approximate surface area is 219 Å². The van der Waals surface area contributed by atoms with Gasteiger partial charge in [0.2, 0.25) is 0 Å². The molecule has 0 spiro atoms. The molecule has 204 valence electrons. The predicted molar refractivity (Wildman–Crippen MR) is 138 cm³/mol. The smallest absolute Gasteiger partial charge is 0.410 e. The van der Waals surface area contributed by atoms with Crippen LogP contribution in [0.4, 0.5) is 15.0 Å². The second-order valence-electron chi connectivity index (χ2n) is 12.8. The summed E-state index contributed by atoms with van der Waals surface area (Å²) in [5.41, 5.74) is 1.81. The highest BCUT2D eigenvalue weighted by Crippen LogP contribution is 2.47. The Morgan fingerprint density at radius 1 is 1.14 bits per heavy atom. The summed E-state index contributed by atoms with van der Waals surface area (Å²) in [6, 6.07) is 0.690. The number of rotatable bonds is 6. The lowest BCUT2D eigenvalue weighted by Crippen LogP contribution is -2.57. The first-order chi connectivity index (χ1) is 17.7. The number of fused-ring (bicyclic) bond motifs is 3. The Bertz CT molecular complexity index is 1010. The van der Waals surface area contributed by atoms with Crippen LogP contribution in [0.2, 0.25) is 0 Å². The van der Waals surface area contributed by atoms with Gasteiger partial charge in [-0.25, -0.2) is 9.18 Å². The van der Waals surface area contributed by atoms with Gasteiger partial charge in [0, 0.05) is 50.2 Å². The molecule has 5 heterocycles. The quantitative estimate of drug-likeness (QED) is 0.618. The van der Waals surface area contributed by atoms with E-state index in [0.717, 1.165) is 76.3 Å². The molecule has 1 aromatic heterocycles. The highest BCUT2D eigenvalue weighted by atomic mass is 19.1. The molecular formula is C27H41FN6O3. The maximum absolute atomic E-state index is 13.7. The largest absolute Gasteiger partial charge is 0.463 e. The molecule has 10 heteroatoms. The number of halogens is 1. The van der Waals surface area contributed by atoms with E-state index in [-0.39, 0.29) is 23.6 Å². The van der Waals surface area contributed by atoms with Crippen LogP contribution in [-0.4, -0.2) is 95.6 Å². The molecule has 37 heavy (non-hydrogen) atoms. The summed E-state index contributed by atoms with van der Waals surface area (Å²) in [5.74, 6) is 0.965. The van der Waals surface area contributed by atoms with Crippen LogP contribution in [0.3, 0.4) is 0 Å². The number of hydrogen-bond acceptors (Lipinski definition) is 8. The number of amides is 1. The molecule has 1 aliphatic carbocycles. The molecule has 3 saturated heterocycles. The second kappa shape index (κ2) is 9.52. The predicted octanol–water partition coefficient (Wildman–Crippen LogP) is 2.91. The van der Waals surface area contributed by atoms with Crippen molar-refractivity contribution in [3.63, 3.8) is 0 Å². The molecule has 1 N–H and O–H groups in total. The van der Waals surface area contributed by atoms with Crippen molar-refractivity contribution in [2.24, 2.45) is 5.41 Å². The molecule has 4 aliphatic heterocycles. The zero-order chi connectivity index (χ0) is 25.8. The van der Waals surface area contributed by atoms with Crippen LogP contribution in [-0.2, 0) is 17.7 Å². The Morgan fingerprint density at radius 2 is 1.89 bits per heavy atom. The lowest BCUT2D eigenvalue weighted by atomic mass is 10.1. The number of alkyl halides is 1. The minimum atomic E-state index is -0.693. The highest BCUT2D eigenvalue weighted by molar-refractivity contribution is 5.70. The summed E-state index contributed by atoms with van der Waals surface area (Å²) in [6.45, 7) is 11.7. The number of likely N-dealkylation sites (tertiary alicyclic amines) is 1. The first-order valence-corrected chi connectivity index (χ1v) is 14.0. The standard InChI is InChI=1S/C27H41FN6O3/c1-26(2,3)37-25(35)34-19-4-5-20(34)15-33(14-19)23-21-6-10-29-12-22(21)30-24(31-23)36-17-27(8-9-27)16-32-11-7-18(28)13-32/h18-20,29H,4-17H2,1-3H3. The molecule has 0 aromatic carbocycles. The van der Waals surface area contributed by atoms with Gasteiger partial charge < -0.3 is 19.7 Å². The SMILES string of the molecule is CC(C)(C)OC(=O)N1C2CCC1CN(c1nc(OCC3(CN4CCC(F)C4)CC3)nc3c1CCNC3)C2. The zero-order valence-electron chi connectivity index (χ0n) is 22.5. The third-order valence-corrected chi connectivity index (χ3v) is 8.52. The van der Waals surface area contributed by atoms with Crippen LogP contribution in [0.1, 0.15) is 64.1 Å². The number of nitrogens with zero attached hydrogens (tertiary/aromatic N) is 5. The molecule has 3 unspecified atom stereocenters. The van der Waals surface area contributed by atoms with Crippen LogP contribution < -0.4 is 15.0 Å². The highest BCUT2D eigenvalue weighted by Gasteiger charge is 2.47. The zero-order valence-corrected chi connectivity index (χ0v) is 22.5. The first kappa shape index (κ1) is 25.1. The summed E-state index contributed by atoms with van der Waals surface area (Å²) in [5, 5.41) is 3.43. The molecule has 4 fully saturated rings. The summed E-state index contributed by atoms with van der Waals surface area (Å²) < 4.78 is 25.7. The maximum Gasteiger partial charge on any atom is 0.410 e. The van der Waals surface area contributed by atoms with Gasteiger partial charge in [-0.2, -0.15) is 9.97 Å². The number of nitrogens with one attached hydrogen (secondary N) is 1. The van der Waals surface area contributed by atoms with Crippen molar-refractivity contribution < 1.29 is 18.7 Å². The van der Waals surface area contributed by atoms with E-state index in [1.807, 2.05) is 25.7 Å². The number of carbonyl (C=O) groups excluding carboxylic acids is 1. The molecule has 1 saturated carbocycles. The topological polar surface area (TPSA) is 83.1 Å². The summed E-state index contributed by atoms with van der Waals surface area (Å²) in [6.07, 6.45) is 4.81. The van der Waals surface area contributed by atoms with Crippen molar-refractivity contribution in [2.45, 2.75) is 89.7 Å². The van der Waals surface area contributed by atoms with Gasteiger partial charge in [-0.1, -0.05) is 0 Å². The van der Waals surface area contributed by atoms with Crippen molar-refractivity contribution in [2.75, 3.05) is 50.8 Å². The van der Waals surface area contributed by atoms with Gasteiger partial charge >= 0.3 is 12.1 Å². The fourth-order valence-electron chi connectivity index (χ4n) is 6.48. The minimum Gasteiger partial charge on any atom is -0.463 e. The van der Waals surface area contributed by atoms with Crippen LogP contribution in [0.25, 0.3) is 0 Å². The van der Waals surface area contributed by atoms with Crippen LogP contribution in [0, 0.1) is 5.41 Å². The van der Waals surface area contributed by atoms with Crippen molar-refractivity contribution in [1.29, 1.82) is 0 Å².